The van der Waals surface area contributed by atoms with Crippen LogP contribution in [0.2, 0.25) is 0 Å². The SMILES string of the molecule is CC[C@@H](C)Sc1nc2c(cnn2-c2ccc(F)cc2)c(=O)[nH]1. The van der Waals surface area contributed by atoms with Crippen LogP contribution in [0, 0.1) is 5.82 Å². The molecule has 0 fully saturated rings. The van der Waals surface area contributed by atoms with E-state index in [1.54, 1.807) is 16.8 Å². The molecule has 7 heteroatoms. The maximum Gasteiger partial charge on any atom is 0.262 e. The van der Waals surface area contributed by atoms with E-state index < -0.39 is 0 Å². The second kappa shape index (κ2) is 5.92. The van der Waals surface area contributed by atoms with E-state index in [0.29, 0.717) is 27.1 Å². The zero-order valence-corrected chi connectivity index (χ0v) is 13.0. The minimum Gasteiger partial charge on any atom is -0.301 e. The van der Waals surface area contributed by atoms with Crippen molar-refractivity contribution in [3.05, 3.63) is 46.6 Å². The van der Waals surface area contributed by atoms with Gasteiger partial charge in [0.05, 0.1) is 11.9 Å². The van der Waals surface area contributed by atoms with Crippen molar-refractivity contribution in [2.75, 3.05) is 0 Å². The number of hydrogen-bond acceptors (Lipinski definition) is 4. The molecular weight excluding hydrogens is 303 g/mol. The average molecular weight is 318 g/mol. The van der Waals surface area contributed by atoms with E-state index in [1.165, 1.54) is 30.1 Å². The van der Waals surface area contributed by atoms with Gasteiger partial charge in [-0.05, 0) is 30.7 Å². The molecule has 1 atom stereocenters. The van der Waals surface area contributed by atoms with Crippen molar-refractivity contribution in [3.8, 4) is 5.69 Å². The lowest BCUT2D eigenvalue weighted by Crippen LogP contribution is -2.11. The number of fused-ring (bicyclic) bond motifs is 1. The quantitative estimate of drug-likeness (QED) is 0.593. The number of rotatable bonds is 4. The number of halogens is 1. The second-order valence-electron chi connectivity index (χ2n) is 4.98. The van der Waals surface area contributed by atoms with E-state index in [1.807, 2.05) is 0 Å². The molecule has 0 aliphatic rings. The van der Waals surface area contributed by atoms with E-state index in [4.69, 9.17) is 0 Å². The van der Waals surface area contributed by atoms with Crippen molar-refractivity contribution in [3.63, 3.8) is 0 Å². The molecule has 0 radical (unpaired) electrons. The summed E-state index contributed by atoms with van der Waals surface area (Å²) in [6.07, 6.45) is 2.45. The topological polar surface area (TPSA) is 63.6 Å². The summed E-state index contributed by atoms with van der Waals surface area (Å²) in [5.74, 6) is -0.320. The van der Waals surface area contributed by atoms with Crippen molar-refractivity contribution in [1.29, 1.82) is 0 Å². The van der Waals surface area contributed by atoms with Gasteiger partial charge >= 0.3 is 0 Å². The fraction of sp³-hybridized carbons (Fsp3) is 0.267. The average Bonchev–Trinajstić information content (AvgIpc) is 2.92. The molecule has 2 heterocycles. The highest BCUT2D eigenvalue weighted by Crippen LogP contribution is 2.22. The summed E-state index contributed by atoms with van der Waals surface area (Å²) in [5.41, 5.74) is 0.916. The summed E-state index contributed by atoms with van der Waals surface area (Å²) in [7, 11) is 0. The van der Waals surface area contributed by atoms with Gasteiger partial charge in [-0.15, -0.1) is 0 Å². The Morgan fingerprint density at radius 3 is 2.77 bits per heavy atom. The van der Waals surface area contributed by atoms with Gasteiger partial charge in [-0.1, -0.05) is 25.6 Å². The molecule has 5 nitrogen and oxygen atoms in total. The van der Waals surface area contributed by atoms with Gasteiger partial charge in [-0.2, -0.15) is 5.10 Å². The van der Waals surface area contributed by atoms with Gasteiger partial charge in [-0.25, -0.2) is 14.1 Å². The largest absolute Gasteiger partial charge is 0.301 e. The van der Waals surface area contributed by atoms with Gasteiger partial charge in [-0.3, -0.25) is 4.79 Å². The minimum atomic E-state index is -0.320. The van der Waals surface area contributed by atoms with Crippen LogP contribution in [0.3, 0.4) is 0 Å². The summed E-state index contributed by atoms with van der Waals surface area (Å²) < 4.78 is 14.6. The molecule has 0 spiro atoms. The molecule has 22 heavy (non-hydrogen) atoms. The number of H-pyrrole nitrogens is 1. The van der Waals surface area contributed by atoms with Gasteiger partial charge in [0.15, 0.2) is 10.8 Å². The lowest BCUT2D eigenvalue weighted by molar-refractivity contribution is 0.627. The summed E-state index contributed by atoms with van der Waals surface area (Å²) >= 11 is 1.51. The van der Waals surface area contributed by atoms with Crippen molar-refractivity contribution >= 4 is 22.8 Å². The van der Waals surface area contributed by atoms with Crippen LogP contribution in [0.25, 0.3) is 16.7 Å². The normalized spacial score (nSPS) is 12.7. The fourth-order valence-electron chi connectivity index (χ4n) is 2.00. The second-order valence-corrected chi connectivity index (χ2v) is 6.41. The number of aromatic amines is 1. The molecule has 0 bridgehead atoms. The highest BCUT2D eigenvalue weighted by atomic mass is 32.2. The van der Waals surface area contributed by atoms with Crippen LogP contribution < -0.4 is 5.56 Å². The predicted octanol–water partition coefficient (Wildman–Crippen LogP) is 3.14. The van der Waals surface area contributed by atoms with Crippen LogP contribution >= 0.6 is 11.8 Å². The smallest absolute Gasteiger partial charge is 0.262 e. The van der Waals surface area contributed by atoms with Crippen molar-refractivity contribution in [1.82, 2.24) is 19.7 Å². The molecule has 0 unspecified atom stereocenters. The maximum absolute atomic E-state index is 13.0. The number of hydrogen-bond donors (Lipinski definition) is 1. The molecule has 1 N–H and O–H groups in total. The Labute approximate surface area is 130 Å². The predicted molar refractivity (Wildman–Crippen MR) is 85.1 cm³/mol. The highest BCUT2D eigenvalue weighted by molar-refractivity contribution is 7.99. The van der Waals surface area contributed by atoms with E-state index in [9.17, 15) is 9.18 Å². The first-order valence-electron chi connectivity index (χ1n) is 6.99. The van der Waals surface area contributed by atoms with Crippen LogP contribution in [0.1, 0.15) is 20.3 Å². The Hall–Kier alpha value is -2.15. The number of aromatic nitrogens is 4. The molecule has 0 aliphatic carbocycles. The van der Waals surface area contributed by atoms with E-state index in [-0.39, 0.29) is 11.4 Å². The maximum atomic E-state index is 13.0. The molecule has 3 aromatic rings. The summed E-state index contributed by atoms with van der Waals surface area (Å²) in [4.78, 5) is 19.4. The van der Waals surface area contributed by atoms with Crippen LogP contribution in [0.15, 0.2) is 40.4 Å². The van der Waals surface area contributed by atoms with E-state index in [0.717, 1.165) is 6.42 Å². The third-order valence-corrected chi connectivity index (χ3v) is 4.53. The summed E-state index contributed by atoms with van der Waals surface area (Å²) in [6.45, 7) is 4.16. The van der Waals surface area contributed by atoms with Crippen LogP contribution in [-0.4, -0.2) is 25.0 Å². The lowest BCUT2D eigenvalue weighted by atomic mass is 10.3. The van der Waals surface area contributed by atoms with Crippen LogP contribution in [0.4, 0.5) is 4.39 Å². The van der Waals surface area contributed by atoms with Gasteiger partial charge in [0.2, 0.25) is 0 Å². The standard InChI is InChI=1S/C15H15FN4OS/c1-3-9(2)22-15-18-13-12(14(21)19-15)8-17-20(13)11-6-4-10(16)5-7-11/h4-9H,3H2,1-2H3,(H,18,19,21)/t9-/m1/s1. The van der Waals surface area contributed by atoms with Crippen LogP contribution in [0.5, 0.6) is 0 Å². The molecule has 0 aliphatic heterocycles. The van der Waals surface area contributed by atoms with Crippen molar-refractivity contribution in [2.45, 2.75) is 30.7 Å². The molecule has 0 amide bonds. The molecule has 0 saturated heterocycles. The molecular formula is C15H15FN4OS. The van der Waals surface area contributed by atoms with Crippen molar-refractivity contribution in [2.24, 2.45) is 0 Å². The Kier molecular flexibility index (Phi) is 3.98. The number of benzene rings is 1. The Bertz CT molecular complexity index is 856. The van der Waals surface area contributed by atoms with Crippen molar-refractivity contribution < 1.29 is 4.39 Å². The zero-order chi connectivity index (χ0) is 15.7. The Balaban J connectivity index is 2.12. The lowest BCUT2D eigenvalue weighted by Gasteiger charge is -2.07. The number of nitrogens with one attached hydrogen (secondary N) is 1. The molecule has 2 aromatic heterocycles. The van der Waals surface area contributed by atoms with Gasteiger partial charge < -0.3 is 4.98 Å². The van der Waals surface area contributed by atoms with Gasteiger partial charge in [0.1, 0.15) is 11.2 Å². The molecule has 0 saturated carbocycles. The number of nitrogens with zero attached hydrogens (tertiary/aromatic N) is 3. The Morgan fingerprint density at radius 1 is 1.36 bits per heavy atom. The van der Waals surface area contributed by atoms with Crippen LogP contribution in [-0.2, 0) is 0 Å². The summed E-state index contributed by atoms with van der Waals surface area (Å²) in [5, 5.41) is 5.53. The highest BCUT2D eigenvalue weighted by Gasteiger charge is 2.13. The van der Waals surface area contributed by atoms with E-state index in [2.05, 4.69) is 28.9 Å². The molecule has 114 valence electrons. The Morgan fingerprint density at radius 2 is 2.09 bits per heavy atom. The fourth-order valence-corrected chi connectivity index (χ4v) is 2.84. The third-order valence-electron chi connectivity index (χ3n) is 3.38. The minimum absolute atomic E-state index is 0.218. The summed E-state index contributed by atoms with van der Waals surface area (Å²) in [6, 6.07) is 5.91. The first-order chi connectivity index (χ1) is 10.6. The molecule has 3 rings (SSSR count). The first-order valence-corrected chi connectivity index (χ1v) is 7.87. The monoisotopic (exact) mass is 318 g/mol. The zero-order valence-electron chi connectivity index (χ0n) is 12.2. The van der Waals surface area contributed by atoms with E-state index >= 15 is 0 Å². The third kappa shape index (κ3) is 2.76. The van der Waals surface area contributed by atoms with Gasteiger partial charge in [0.25, 0.3) is 5.56 Å². The molecule has 1 aromatic carbocycles. The van der Waals surface area contributed by atoms with Gasteiger partial charge in [0, 0.05) is 5.25 Å². The number of thioether (sulfide) groups is 1. The first kappa shape index (κ1) is 14.8.